The third kappa shape index (κ3) is 4.25. The number of anilines is 2. The number of carbonyl (C=O) groups is 1. The van der Waals surface area contributed by atoms with Crippen molar-refractivity contribution in [1.82, 2.24) is 0 Å². The predicted molar refractivity (Wildman–Crippen MR) is 95.7 cm³/mol. The van der Waals surface area contributed by atoms with Crippen LogP contribution in [0.3, 0.4) is 0 Å². The van der Waals surface area contributed by atoms with Crippen molar-refractivity contribution < 1.29 is 9.53 Å². The molecule has 1 heterocycles. The first-order valence-electron chi connectivity index (χ1n) is 8.31. The van der Waals surface area contributed by atoms with Crippen molar-refractivity contribution in [3.63, 3.8) is 0 Å². The van der Waals surface area contributed by atoms with Crippen LogP contribution >= 0.6 is 15.9 Å². The highest BCUT2D eigenvalue weighted by molar-refractivity contribution is 9.10. The molecule has 1 amide bonds. The van der Waals surface area contributed by atoms with Crippen molar-refractivity contribution in [3.05, 3.63) is 22.7 Å². The van der Waals surface area contributed by atoms with Gasteiger partial charge in [0.1, 0.15) is 0 Å². The molecule has 2 atom stereocenters. The fourth-order valence-corrected chi connectivity index (χ4v) is 3.81. The molecule has 0 radical (unpaired) electrons. The highest BCUT2D eigenvalue weighted by Crippen LogP contribution is 2.31. The summed E-state index contributed by atoms with van der Waals surface area (Å²) in [5, 5.41) is 3.09. The van der Waals surface area contributed by atoms with Gasteiger partial charge in [-0.15, -0.1) is 0 Å². The van der Waals surface area contributed by atoms with Crippen molar-refractivity contribution >= 4 is 33.2 Å². The molecular formula is C17H24BrN3O2. The molecule has 126 valence electrons. The Balaban J connectivity index is 1.70. The number of nitrogens with one attached hydrogen (secondary N) is 1. The number of morpholine rings is 1. The summed E-state index contributed by atoms with van der Waals surface area (Å²) in [6.07, 6.45) is 3.74. The molecule has 2 aliphatic rings. The molecule has 5 nitrogen and oxygen atoms in total. The zero-order chi connectivity index (χ0) is 16.2. The van der Waals surface area contributed by atoms with Gasteiger partial charge in [0.25, 0.3) is 0 Å². The molecule has 23 heavy (non-hydrogen) atoms. The summed E-state index contributed by atoms with van der Waals surface area (Å²) in [7, 11) is 0. The van der Waals surface area contributed by atoms with Gasteiger partial charge in [-0.1, -0.05) is 22.4 Å². The molecule has 0 unspecified atom stereocenters. The maximum atomic E-state index is 12.4. The number of rotatable bonds is 4. The van der Waals surface area contributed by atoms with E-state index in [-0.39, 0.29) is 11.9 Å². The van der Waals surface area contributed by atoms with Crippen LogP contribution in [0.2, 0.25) is 0 Å². The first-order valence-corrected chi connectivity index (χ1v) is 9.10. The van der Waals surface area contributed by atoms with E-state index in [1.165, 1.54) is 0 Å². The molecule has 3 rings (SSSR count). The standard InChI is InChI=1S/C17H24BrN3O2/c18-13-4-5-16(21-6-8-23-9-7-21)15(11-13)20-17(22)10-12-2-1-3-14(12)19/h4-5,11-12,14H,1-3,6-10,19H2,(H,20,22)/t12-,14+/m0/s1. The molecular weight excluding hydrogens is 358 g/mol. The molecule has 2 fully saturated rings. The van der Waals surface area contributed by atoms with Crippen molar-refractivity contribution in [2.45, 2.75) is 31.7 Å². The zero-order valence-electron chi connectivity index (χ0n) is 13.3. The van der Waals surface area contributed by atoms with Gasteiger partial charge in [-0.05, 0) is 37.0 Å². The maximum Gasteiger partial charge on any atom is 0.224 e. The number of nitrogens with two attached hydrogens (primary N) is 1. The van der Waals surface area contributed by atoms with E-state index in [1.54, 1.807) is 0 Å². The Morgan fingerprint density at radius 1 is 1.35 bits per heavy atom. The highest BCUT2D eigenvalue weighted by Gasteiger charge is 2.26. The Bertz CT molecular complexity index is 561. The summed E-state index contributed by atoms with van der Waals surface area (Å²) < 4.78 is 6.37. The van der Waals surface area contributed by atoms with Gasteiger partial charge in [0.2, 0.25) is 5.91 Å². The van der Waals surface area contributed by atoms with Gasteiger partial charge in [0.15, 0.2) is 0 Å². The molecule has 1 aromatic rings. The van der Waals surface area contributed by atoms with Crippen LogP contribution in [0.25, 0.3) is 0 Å². The second-order valence-corrected chi connectivity index (χ2v) is 7.28. The lowest BCUT2D eigenvalue weighted by atomic mass is 10.00. The van der Waals surface area contributed by atoms with Crippen molar-refractivity contribution in [3.8, 4) is 0 Å². The third-order valence-corrected chi connectivity index (χ3v) is 5.24. The molecule has 1 aliphatic heterocycles. The fraction of sp³-hybridized carbons (Fsp3) is 0.588. The lowest BCUT2D eigenvalue weighted by Crippen LogP contribution is -2.37. The Morgan fingerprint density at radius 2 is 2.13 bits per heavy atom. The van der Waals surface area contributed by atoms with Gasteiger partial charge in [-0.3, -0.25) is 4.79 Å². The van der Waals surface area contributed by atoms with E-state index in [1.807, 2.05) is 18.2 Å². The predicted octanol–water partition coefficient (Wildman–Crippen LogP) is 2.74. The number of nitrogens with zero attached hydrogens (tertiary/aromatic N) is 1. The van der Waals surface area contributed by atoms with Crippen LogP contribution in [-0.2, 0) is 9.53 Å². The van der Waals surface area contributed by atoms with E-state index in [4.69, 9.17) is 10.5 Å². The molecule has 1 saturated heterocycles. The average molecular weight is 382 g/mol. The van der Waals surface area contributed by atoms with Crippen LogP contribution in [0.4, 0.5) is 11.4 Å². The van der Waals surface area contributed by atoms with Gasteiger partial charge in [-0.2, -0.15) is 0 Å². The summed E-state index contributed by atoms with van der Waals surface area (Å²) >= 11 is 3.49. The summed E-state index contributed by atoms with van der Waals surface area (Å²) in [6.45, 7) is 3.14. The van der Waals surface area contributed by atoms with Crippen LogP contribution in [-0.4, -0.2) is 38.3 Å². The Labute approximate surface area is 145 Å². The molecule has 1 saturated carbocycles. The number of hydrogen-bond donors (Lipinski definition) is 2. The average Bonchev–Trinajstić information content (AvgIpc) is 2.93. The van der Waals surface area contributed by atoms with Crippen LogP contribution in [0.15, 0.2) is 22.7 Å². The lowest BCUT2D eigenvalue weighted by molar-refractivity contribution is -0.117. The Kier molecular flexibility index (Phi) is 5.56. The van der Waals surface area contributed by atoms with E-state index in [0.717, 1.165) is 61.4 Å². The summed E-state index contributed by atoms with van der Waals surface area (Å²) in [5.41, 5.74) is 8.00. The van der Waals surface area contributed by atoms with Crippen LogP contribution < -0.4 is 16.0 Å². The number of halogens is 1. The van der Waals surface area contributed by atoms with E-state index in [0.29, 0.717) is 12.3 Å². The maximum absolute atomic E-state index is 12.4. The minimum absolute atomic E-state index is 0.0555. The van der Waals surface area contributed by atoms with E-state index < -0.39 is 0 Å². The topological polar surface area (TPSA) is 67.6 Å². The number of carbonyl (C=O) groups excluding carboxylic acids is 1. The molecule has 1 aliphatic carbocycles. The lowest BCUT2D eigenvalue weighted by Gasteiger charge is -2.30. The quantitative estimate of drug-likeness (QED) is 0.841. The van der Waals surface area contributed by atoms with E-state index in [9.17, 15) is 4.79 Å². The summed E-state index contributed by atoms with van der Waals surface area (Å²) in [6, 6.07) is 6.19. The molecule has 0 spiro atoms. The highest BCUT2D eigenvalue weighted by atomic mass is 79.9. The smallest absolute Gasteiger partial charge is 0.224 e. The van der Waals surface area contributed by atoms with Gasteiger partial charge in [0.05, 0.1) is 24.6 Å². The minimum atomic E-state index is 0.0555. The minimum Gasteiger partial charge on any atom is -0.378 e. The van der Waals surface area contributed by atoms with Crippen LogP contribution in [0.1, 0.15) is 25.7 Å². The van der Waals surface area contributed by atoms with Gasteiger partial charge in [0, 0.05) is 30.0 Å². The number of ether oxygens (including phenoxy) is 1. The fourth-order valence-electron chi connectivity index (χ4n) is 3.45. The number of benzene rings is 1. The van der Waals surface area contributed by atoms with Gasteiger partial charge >= 0.3 is 0 Å². The van der Waals surface area contributed by atoms with Crippen LogP contribution in [0.5, 0.6) is 0 Å². The first-order chi connectivity index (χ1) is 11.1. The van der Waals surface area contributed by atoms with Crippen molar-refractivity contribution in [1.29, 1.82) is 0 Å². The number of hydrogen-bond acceptors (Lipinski definition) is 4. The monoisotopic (exact) mass is 381 g/mol. The molecule has 6 heteroatoms. The zero-order valence-corrected chi connectivity index (χ0v) is 14.8. The van der Waals surface area contributed by atoms with Gasteiger partial charge < -0.3 is 20.7 Å². The molecule has 1 aromatic carbocycles. The van der Waals surface area contributed by atoms with E-state index >= 15 is 0 Å². The van der Waals surface area contributed by atoms with Crippen LogP contribution in [0, 0.1) is 5.92 Å². The first kappa shape index (κ1) is 16.7. The molecule has 0 aromatic heterocycles. The molecule has 0 bridgehead atoms. The SMILES string of the molecule is N[C@@H]1CCC[C@H]1CC(=O)Nc1cc(Br)ccc1N1CCOCC1. The second kappa shape index (κ2) is 7.64. The third-order valence-electron chi connectivity index (χ3n) is 4.75. The van der Waals surface area contributed by atoms with Gasteiger partial charge in [-0.25, -0.2) is 0 Å². The Morgan fingerprint density at radius 3 is 2.83 bits per heavy atom. The van der Waals surface area contributed by atoms with E-state index in [2.05, 4.69) is 26.1 Å². The second-order valence-electron chi connectivity index (χ2n) is 6.37. The summed E-state index contributed by atoms with van der Waals surface area (Å²) in [5.74, 6) is 0.369. The number of amides is 1. The normalized spacial score (nSPS) is 24.7. The Hall–Kier alpha value is -1.11. The van der Waals surface area contributed by atoms with Crippen molar-refractivity contribution in [2.75, 3.05) is 36.5 Å². The molecule has 3 N–H and O–H groups in total. The summed E-state index contributed by atoms with van der Waals surface area (Å²) in [4.78, 5) is 14.7. The largest absolute Gasteiger partial charge is 0.378 e. The van der Waals surface area contributed by atoms with Crippen molar-refractivity contribution in [2.24, 2.45) is 11.7 Å².